The van der Waals surface area contributed by atoms with Gasteiger partial charge in [0.05, 0.1) is 21.5 Å². The van der Waals surface area contributed by atoms with Crippen LogP contribution in [0.15, 0.2) is 55.4 Å². The largest absolute Gasteiger partial charge is 0.419 e. The predicted molar refractivity (Wildman–Crippen MR) is 82.9 cm³/mol. The summed E-state index contributed by atoms with van der Waals surface area (Å²) in [5.41, 5.74) is 0.304. The Bertz CT molecular complexity index is 1110. The van der Waals surface area contributed by atoms with Crippen molar-refractivity contribution in [2.45, 2.75) is 11.8 Å². The van der Waals surface area contributed by atoms with E-state index in [4.69, 9.17) is 0 Å². The van der Waals surface area contributed by atoms with Crippen molar-refractivity contribution in [2.75, 3.05) is 4.72 Å². The van der Waals surface area contributed by atoms with Crippen LogP contribution in [0.3, 0.4) is 0 Å². The molecule has 1 aromatic carbocycles. The third-order valence-electron chi connectivity index (χ3n) is 3.09. The SMILES string of the molecule is Cc1cc(NS(=O)(=O)c2ccc3[nH]c(=O)oc(=O)c3c2)ccn1. The van der Waals surface area contributed by atoms with Crippen molar-refractivity contribution in [2.24, 2.45) is 0 Å². The molecule has 0 unspecified atom stereocenters. The number of pyridine rings is 1. The zero-order valence-corrected chi connectivity index (χ0v) is 12.7. The Morgan fingerprint density at radius 2 is 1.96 bits per heavy atom. The van der Waals surface area contributed by atoms with Gasteiger partial charge < -0.3 is 4.42 Å². The highest BCUT2D eigenvalue weighted by Gasteiger charge is 2.16. The van der Waals surface area contributed by atoms with E-state index in [1.807, 2.05) is 0 Å². The number of nitrogens with one attached hydrogen (secondary N) is 2. The molecule has 0 saturated carbocycles. The molecule has 0 spiro atoms. The van der Waals surface area contributed by atoms with Crippen LogP contribution in [0.5, 0.6) is 0 Å². The molecule has 8 nitrogen and oxygen atoms in total. The van der Waals surface area contributed by atoms with Crippen LogP contribution in [-0.2, 0) is 10.0 Å². The first kappa shape index (κ1) is 15.0. The highest BCUT2D eigenvalue weighted by Crippen LogP contribution is 2.18. The second kappa shape index (κ2) is 5.36. The maximum atomic E-state index is 12.4. The number of aryl methyl sites for hydroxylation is 1. The summed E-state index contributed by atoms with van der Waals surface area (Å²) in [6, 6.07) is 6.85. The van der Waals surface area contributed by atoms with Gasteiger partial charge in [0.2, 0.25) is 0 Å². The zero-order valence-electron chi connectivity index (χ0n) is 11.9. The Hall–Kier alpha value is -2.94. The van der Waals surface area contributed by atoms with Crippen LogP contribution in [-0.4, -0.2) is 18.4 Å². The molecule has 0 aliphatic rings. The molecule has 2 aromatic heterocycles. The van der Waals surface area contributed by atoms with Crippen LogP contribution < -0.4 is 16.1 Å². The summed E-state index contributed by atoms with van der Waals surface area (Å²) in [7, 11) is -3.90. The van der Waals surface area contributed by atoms with Gasteiger partial charge in [0.15, 0.2) is 0 Å². The summed E-state index contributed by atoms with van der Waals surface area (Å²) in [4.78, 5) is 28.9. The number of H-pyrrole nitrogens is 1. The van der Waals surface area contributed by atoms with Crippen LogP contribution >= 0.6 is 0 Å². The van der Waals surface area contributed by atoms with Gasteiger partial charge in [0.1, 0.15) is 0 Å². The van der Waals surface area contributed by atoms with Gasteiger partial charge in [0.25, 0.3) is 10.0 Å². The molecule has 0 aliphatic heterocycles. The van der Waals surface area contributed by atoms with Crippen molar-refractivity contribution < 1.29 is 12.8 Å². The lowest BCUT2D eigenvalue weighted by atomic mass is 10.2. The molecule has 0 amide bonds. The van der Waals surface area contributed by atoms with E-state index in [9.17, 15) is 18.0 Å². The molecule has 9 heteroatoms. The lowest BCUT2D eigenvalue weighted by Crippen LogP contribution is -2.17. The molecular weight excluding hydrogens is 322 g/mol. The molecule has 2 heterocycles. The first-order valence-corrected chi connectivity index (χ1v) is 7.96. The smallest absolute Gasteiger partial charge is 0.372 e. The minimum absolute atomic E-state index is 0.0293. The summed E-state index contributed by atoms with van der Waals surface area (Å²) < 4.78 is 31.6. The minimum atomic E-state index is -3.90. The fraction of sp³-hybridized carbons (Fsp3) is 0.0714. The third-order valence-corrected chi connectivity index (χ3v) is 4.47. The first-order valence-electron chi connectivity index (χ1n) is 6.48. The van der Waals surface area contributed by atoms with E-state index >= 15 is 0 Å². The van der Waals surface area contributed by atoms with E-state index in [1.165, 1.54) is 24.4 Å². The van der Waals surface area contributed by atoms with E-state index < -0.39 is 21.4 Å². The summed E-state index contributed by atoms with van der Waals surface area (Å²) >= 11 is 0. The van der Waals surface area contributed by atoms with Gasteiger partial charge in [-0.1, -0.05) is 0 Å². The molecule has 2 N–H and O–H groups in total. The van der Waals surface area contributed by atoms with Crippen LogP contribution in [0.4, 0.5) is 5.69 Å². The Morgan fingerprint density at radius 3 is 2.70 bits per heavy atom. The molecule has 23 heavy (non-hydrogen) atoms. The number of sulfonamides is 1. The fourth-order valence-corrected chi connectivity index (χ4v) is 3.14. The van der Waals surface area contributed by atoms with Crippen molar-refractivity contribution in [3.8, 4) is 0 Å². The molecule has 0 saturated heterocycles. The van der Waals surface area contributed by atoms with Crippen molar-refractivity contribution in [3.63, 3.8) is 0 Å². The van der Waals surface area contributed by atoms with E-state index in [-0.39, 0.29) is 15.8 Å². The number of fused-ring (bicyclic) bond motifs is 1. The number of benzene rings is 1. The number of nitrogens with zero attached hydrogens (tertiary/aromatic N) is 1. The second-order valence-electron chi connectivity index (χ2n) is 4.80. The van der Waals surface area contributed by atoms with Gasteiger partial charge in [-0.3, -0.25) is 14.7 Å². The van der Waals surface area contributed by atoms with Crippen LogP contribution in [0.25, 0.3) is 10.9 Å². The molecular formula is C14H11N3O5S. The topological polar surface area (TPSA) is 122 Å². The fourth-order valence-electron chi connectivity index (χ4n) is 2.07. The highest BCUT2D eigenvalue weighted by molar-refractivity contribution is 7.92. The lowest BCUT2D eigenvalue weighted by Gasteiger charge is -2.08. The molecule has 0 bridgehead atoms. The van der Waals surface area contributed by atoms with Gasteiger partial charge in [0, 0.05) is 11.9 Å². The Kier molecular flexibility index (Phi) is 3.49. The van der Waals surface area contributed by atoms with Crippen LogP contribution in [0.1, 0.15) is 5.69 Å². The zero-order chi connectivity index (χ0) is 16.6. The van der Waals surface area contributed by atoms with Gasteiger partial charge in [-0.05, 0) is 37.3 Å². The molecule has 0 radical (unpaired) electrons. The number of aromatic amines is 1. The molecule has 3 aromatic rings. The standard InChI is InChI=1S/C14H11N3O5S/c1-8-6-9(4-5-15-8)17-23(20,21)10-2-3-12-11(7-10)13(18)22-14(19)16-12/h2-7H,1H3,(H,15,17)(H,16,19). The van der Waals surface area contributed by atoms with Crippen molar-refractivity contribution in [3.05, 3.63) is 63.2 Å². The van der Waals surface area contributed by atoms with Gasteiger partial charge in [-0.25, -0.2) is 18.0 Å². The third kappa shape index (κ3) is 2.99. The van der Waals surface area contributed by atoms with Crippen molar-refractivity contribution in [1.82, 2.24) is 9.97 Å². The number of hydrogen-bond donors (Lipinski definition) is 2. The van der Waals surface area contributed by atoms with Crippen molar-refractivity contribution >= 4 is 26.6 Å². The number of rotatable bonds is 3. The Morgan fingerprint density at radius 1 is 1.17 bits per heavy atom. The number of anilines is 1. The molecule has 0 aliphatic carbocycles. The molecule has 0 atom stereocenters. The van der Waals surface area contributed by atoms with Crippen LogP contribution in [0, 0.1) is 6.92 Å². The summed E-state index contributed by atoms with van der Waals surface area (Å²) in [5.74, 6) is -0.900. The molecule has 0 fully saturated rings. The van der Waals surface area contributed by atoms with Crippen molar-refractivity contribution in [1.29, 1.82) is 0 Å². The average Bonchev–Trinajstić information content (AvgIpc) is 2.46. The van der Waals surface area contributed by atoms with Gasteiger partial charge in [-0.2, -0.15) is 0 Å². The monoisotopic (exact) mass is 333 g/mol. The second-order valence-corrected chi connectivity index (χ2v) is 6.48. The summed E-state index contributed by atoms with van der Waals surface area (Å²) in [5, 5.41) is -0.0293. The molecule has 118 valence electrons. The van der Waals surface area contributed by atoms with E-state index in [0.29, 0.717) is 11.4 Å². The molecule has 3 rings (SSSR count). The van der Waals surface area contributed by atoms with E-state index in [1.54, 1.807) is 13.0 Å². The van der Waals surface area contributed by atoms with E-state index in [2.05, 4.69) is 19.1 Å². The average molecular weight is 333 g/mol. The number of hydrogen-bond acceptors (Lipinski definition) is 6. The van der Waals surface area contributed by atoms with Gasteiger partial charge in [-0.15, -0.1) is 0 Å². The van der Waals surface area contributed by atoms with E-state index in [0.717, 1.165) is 6.07 Å². The Labute approximate surface area is 129 Å². The Balaban J connectivity index is 2.08. The normalized spacial score (nSPS) is 11.5. The minimum Gasteiger partial charge on any atom is -0.372 e. The van der Waals surface area contributed by atoms with Gasteiger partial charge >= 0.3 is 11.4 Å². The summed E-state index contributed by atoms with van der Waals surface area (Å²) in [6.45, 7) is 1.73. The number of aromatic nitrogens is 2. The maximum absolute atomic E-state index is 12.4. The first-order chi connectivity index (χ1) is 10.8. The lowest BCUT2D eigenvalue weighted by molar-refractivity contribution is 0.460. The highest BCUT2D eigenvalue weighted by atomic mass is 32.2. The predicted octanol–water partition coefficient (Wildman–Crippen LogP) is 0.986. The maximum Gasteiger partial charge on any atom is 0.419 e. The van der Waals surface area contributed by atoms with Crippen LogP contribution in [0.2, 0.25) is 0 Å². The quantitative estimate of drug-likeness (QED) is 0.737. The summed E-state index contributed by atoms with van der Waals surface area (Å²) in [6.07, 6.45) is 1.48.